The van der Waals surface area contributed by atoms with Gasteiger partial charge in [-0.2, -0.15) is 0 Å². The van der Waals surface area contributed by atoms with Crippen molar-refractivity contribution in [3.8, 4) is 0 Å². The third-order valence-corrected chi connectivity index (χ3v) is 6.16. The molecule has 0 aliphatic carbocycles. The van der Waals surface area contributed by atoms with Gasteiger partial charge in [0.25, 0.3) is 0 Å². The standard InChI is InChI=1S/C31H40O6/c1-5-6-7-8-25-9-11-26(12-10-25)13-14-27-15-17-28(18-16-27)29(21-36-30(33)23(2)19-32)22-37-31(34)24(3)20-35-4/h9-12,15-18,29,32H,2-3,5-8,13-14,19-22H2,1,4H3. The van der Waals surface area contributed by atoms with Crippen LogP contribution in [0.4, 0.5) is 0 Å². The summed E-state index contributed by atoms with van der Waals surface area (Å²) < 4.78 is 15.6. The zero-order chi connectivity index (χ0) is 27.0. The first-order chi connectivity index (χ1) is 17.9. The Hall–Kier alpha value is -3.22. The van der Waals surface area contributed by atoms with Crippen LogP contribution in [0.3, 0.4) is 0 Å². The van der Waals surface area contributed by atoms with Crippen molar-refractivity contribution in [2.45, 2.75) is 51.4 Å². The second-order valence-corrected chi connectivity index (χ2v) is 9.21. The largest absolute Gasteiger partial charge is 0.461 e. The number of hydrogen-bond acceptors (Lipinski definition) is 6. The number of aliphatic hydroxyl groups is 1. The van der Waals surface area contributed by atoms with Gasteiger partial charge in [0.2, 0.25) is 0 Å². The molecule has 0 aromatic heterocycles. The van der Waals surface area contributed by atoms with Crippen LogP contribution in [0.15, 0.2) is 72.8 Å². The SMILES string of the molecule is C=C(CO)C(=O)OCC(COC(=O)C(=C)COC)c1ccc(CCc2ccc(CCCCC)cc2)cc1. The van der Waals surface area contributed by atoms with Crippen molar-refractivity contribution in [3.05, 3.63) is 95.1 Å². The second-order valence-electron chi connectivity index (χ2n) is 9.21. The van der Waals surface area contributed by atoms with Crippen LogP contribution in [0.5, 0.6) is 0 Å². The van der Waals surface area contributed by atoms with Crippen LogP contribution in [0.2, 0.25) is 0 Å². The summed E-state index contributed by atoms with van der Waals surface area (Å²) >= 11 is 0. The van der Waals surface area contributed by atoms with Crippen LogP contribution in [0.1, 0.15) is 54.4 Å². The number of methoxy groups -OCH3 is 1. The summed E-state index contributed by atoms with van der Waals surface area (Å²) in [7, 11) is 1.47. The van der Waals surface area contributed by atoms with Crippen molar-refractivity contribution in [2.75, 3.05) is 33.5 Å². The van der Waals surface area contributed by atoms with E-state index < -0.39 is 18.5 Å². The molecule has 0 aliphatic rings. The number of rotatable bonds is 17. The van der Waals surface area contributed by atoms with E-state index in [0.717, 1.165) is 24.8 Å². The summed E-state index contributed by atoms with van der Waals surface area (Å²) in [5.74, 6) is -1.63. The first-order valence-corrected chi connectivity index (χ1v) is 12.8. The third-order valence-electron chi connectivity index (χ3n) is 6.16. The molecule has 0 spiro atoms. The summed E-state index contributed by atoms with van der Waals surface area (Å²) in [6.07, 6.45) is 6.72. The number of esters is 2. The molecule has 0 saturated carbocycles. The van der Waals surface area contributed by atoms with E-state index in [0.29, 0.717) is 0 Å². The van der Waals surface area contributed by atoms with Gasteiger partial charge in [-0.1, -0.05) is 81.5 Å². The van der Waals surface area contributed by atoms with Crippen molar-refractivity contribution in [1.29, 1.82) is 0 Å². The third kappa shape index (κ3) is 10.7. The van der Waals surface area contributed by atoms with Crippen LogP contribution >= 0.6 is 0 Å². The Morgan fingerprint density at radius 3 is 1.76 bits per heavy atom. The smallest absolute Gasteiger partial charge is 0.335 e. The Kier molecular flexibility index (Phi) is 13.4. The quantitative estimate of drug-likeness (QED) is 0.181. The summed E-state index contributed by atoms with van der Waals surface area (Å²) in [6, 6.07) is 16.9. The Morgan fingerprint density at radius 2 is 1.27 bits per heavy atom. The average Bonchev–Trinajstić information content (AvgIpc) is 2.92. The zero-order valence-corrected chi connectivity index (χ0v) is 22.2. The van der Waals surface area contributed by atoms with Crippen LogP contribution < -0.4 is 0 Å². The molecule has 1 unspecified atom stereocenters. The molecule has 0 fully saturated rings. The minimum absolute atomic E-state index is 0.00437. The van der Waals surface area contributed by atoms with Gasteiger partial charge >= 0.3 is 11.9 Å². The monoisotopic (exact) mass is 508 g/mol. The number of hydrogen-bond donors (Lipinski definition) is 1. The molecule has 6 heteroatoms. The Morgan fingerprint density at radius 1 is 0.784 bits per heavy atom. The summed E-state index contributed by atoms with van der Waals surface area (Å²) in [5.41, 5.74) is 4.92. The first kappa shape index (κ1) is 30.0. The molecule has 0 amide bonds. The van der Waals surface area contributed by atoms with Crippen molar-refractivity contribution in [1.82, 2.24) is 0 Å². The van der Waals surface area contributed by atoms with Crippen LogP contribution in [0.25, 0.3) is 0 Å². The van der Waals surface area contributed by atoms with Gasteiger partial charge in [-0.15, -0.1) is 0 Å². The van der Waals surface area contributed by atoms with Crippen molar-refractivity contribution >= 4 is 11.9 Å². The van der Waals surface area contributed by atoms with Crippen LogP contribution in [-0.4, -0.2) is 50.6 Å². The molecule has 2 rings (SSSR count). The van der Waals surface area contributed by atoms with Gasteiger partial charge < -0.3 is 19.3 Å². The van der Waals surface area contributed by atoms with E-state index in [1.165, 1.54) is 43.1 Å². The maximum atomic E-state index is 12.2. The van der Waals surface area contributed by atoms with E-state index in [2.05, 4.69) is 44.3 Å². The molecular weight excluding hydrogens is 468 g/mol. The lowest BCUT2D eigenvalue weighted by atomic mass is 9.97. The average molecular weight is 509 g/mol. The Balaban J connectivity index is 1.99. The Bertz CT molecular complexity index is 1010. The number of benzene rings is 2. The van der Waals surface area contributed by atoms with Gasteiger partial charge in [0.15, 0.2) is 0 Å². The molecule has 2 aromatic rings. The zero-order valence-electron chi connectivity index (χ0n) is 22.2. The van der Waals surface area contributed by atoms with Gasteiger partial charge in [-0.25, -0.2) is 9.59 Å². The van der Waals surface area contributed by atoms with Gasteiger partial charge in [0.05, 0.1) is 30.3 Å². The number of aryl methyl sites for hydroxylation is 3. The maximum Gasteiger partial charge on any atom is 0.335 e. The highest BCUT2D eigenvalue weighted by Crippen LogP contribution is 2.20. The number of aliphatic hydroxyl groups excluding tert-OH is 1. The van der Waals surface area contributed by atoms with Gasteiger partial charge in [-0.05, 0) is 47.9 Å². The molecular formula is C31H40O6. The summed E-state index contributed by atoms with van der Waals surface area (Å²) in [4.78, 5) is 24.1. The number of ether oxygens (including phenoxy) is 3. The normalized spacial score (nSPS) is 11.5. The summed E-state index contributed by atoms with van der Waals surface area (Å²) in [5, 5.41) is 9.10. The molecule has 0 bridgehead atoms. The van der Waals surface area contributed by atoms with Gasteiger partial charge in [0, 0.05) is 7.11 Å². The highest BCUT2D eigenvalue weighted by Gasteiger charge is 2.19. The molecule has 1 atom stereocenters. The van der Waals surface area contributed by atoms with E-state index in [4.69, 9.17) is 19.3 Å². The predicted octanol–water partition coefficient (Wildman–Crippen LogP) is 5.13. The number of unbranched alkanes of at least 4 members (excludes halogenated alkanes) is 2. The lowest BCUT2D eigenvalue weighted by Gasteiger charge is -2.19. The molecule has 0 saturated heterocycles. The molecule has 1 N–H and O–H groups in total. The lowest BCUT2D eigenvalue weighted by Crippen LogP contribution is -2.21. The molecule has 0 heterocycles. The highest BCUT2D eigenvalue weighted by molar-refractivity contribution is 5.88. The predicted molar refractivity (Wildman–Crippen MR) is 145 cm³/mol. The van der Waals surface area contributed by atoms with Crippen molar-refractivity contribution in [2.24, 2.45) is 0 Å². The van der Waals surface area contributed by atoms with Crippen LogP contribution in [-0.2, 0) is 43.1 Å². The van der Waals surface area contributed by atoms with E-state index in [-0.39, 0.29) is 36.9 Å². The fourth-order valence-electron chi connectivity index (χ4n) is 3.79. The minimum atomic E-state index is -0.685. The minimum Gasteiger partial charge on any atom is -0.461 e. The Labute approximate surface area is 221 Å². The molecule has 0 aliphatic heterocycles. The molecule has 2 aromatic carbocycles. The summed E-state index contributed by atoms with van der Waals surface area (Å²) in [6.45, 7) is 8.94. The molecule has 6 nitrogen and oxygen atoms in total. The fraction of sp³-hybridized carbons (Fsp3) is 0.419. The fourth-order valence-corrected chi connectivity index (χ4v) is 3.79. The number of carbonyl (C=O) groups excluding carboxylic acids is 2. The van der Waals surface area contributed by atoms with E-state index >= 15 is 0 Å². The topological polar surface area (TPSA) is 82.1 Å². The second kappa shape index (κ2) is 16.5. The van der Waals surface area contributed by atoms with E-state index in [9.17, 15) is 9.59 Å². The molecule has 0 radical (unpaired) electrons. The maximum absolute atomic E-state index is 12.2. The lowest BCUT2D eigenvalue weighted by molar-refractivity contribution is -0.143. The van der Waals surface area contributed by atoms with Gasteiger partial charge in [-0.3, -0.25) is 0 Å². The molecule has 200 valence electrons. The highest BCUT2D eigenvalue weighted by atomic mass is 16.5. The van der Waals surface area contributed by atoms with Gasteiger partial charge in [0.1, 0.15) is 13.2 Å². The van der Waals surface area contributed by atoms with Crippen molar-refractivity contribution in [3.63, 3.8) is 0 Å². The van der Waals surface area contributed by atoms with E-state index in [1.54, 1.807) is 0 Å². The number of carbonyl (C=O) groups is 2. The van der Waals surface area contributed by atoms with E-state index in [1.807, 2.05) is 24.3 Å². The van der Waals surface area contributed by atoms with Crippen molar-refractivity contribution < 1.29 is 28.9 Å². The van der Waals surface area contributed by atoms with Crippen LogP contribution in [0, 0.1) is 0 Å². The first-order valence-electron chi connectivity index (χ1n) is 12.8. The molecule has 37 heavy (non-hydrogen) atoms.